The summed E-state index contributed by atoms with van der Waals surface area (Å²) in [6.07, 6.45) is 0.650. The van der Waals surface area contributed by atoms with Crippen molar-refractivity contribution in [3.63, 3.8) is 0 Å². The number of rotatable bonds is 0. The smallest absolute Gasteiger partial charge is 0.244 e. The van der Waals surface area contributed by atoms with E-state index in [1.54, 1.807) is 11.9 Å². The van der Waals surface area contributed by atoms with Gasteiger partial charge in [-0.05, 0) is 13.3 Å². The number of amides is 1. The van der Waals surface area contributed by atoms with Gasteiger partial charge < -0.3 is 5.73 Å². The highest BCUT2D eigenvalue weighted by molar-refractivity contribution is 5.96. The lowest BCUT2D eigenvalue weighted by molar-refractivity contribution is -0.119. The van der Waals surface area contributed by atoms with Crippen molar-refractivity contribution in [2.75, 3.05) is 11.9 Å². The van der Waals surface area contributed by atoms with Crippen molar-refractivity contribution >= 4 is 11.7 Å². The first kappa shape index (κ1) is 9.21. The second-order valence-electron chi connectivity index (χ2n) is 3.66. The number of anilines is 1. The van der Waals surface area contributed by atoms with Crippen LogP contribution in [-0.2, 0) is 11.3 Å². The standard InChI is InChI=1S/C9H14N4O/c1-6-5-8-12(2)9(14)7(10)3-4-13(8)11-6/h5,7H,3-4,10H2,1-2H3. The fourth-order valence-corrected chi connectivity index (χ4v) is 1.71. The van der Waals surface area contributed by atoms with Crippen LogP contribution >= 0.6 is 0 Å². The van der Waals surface area contributed by atoms with Crippen molar-refractivity contribution in [3.05, 3.63) is 11.8 Å². The summed E-state index contributed by atoms with van der Waals surface area (Å²) in [7, 11) is 1.74. The minimum absolute atomic E-state index is 0.0383. The summed E-state index contributed by atoms with van der Waals surface area (Å²) < 4.78 is 1.83. The van der Waals surface area contributed by atoms with Crippen LogP contribution in [0.1, 0.15) is 12.1 Å². The van der Waals surface area contributed by atoms with Gasteiger partial charge in [-0.1, -0.05) is 0 Å². The molecule has 1 aromatic heterocycles. The molecule has 5 heteroatoms. The zero-order valence-electron chi connectivity index (χ0n) is 8.40. The molecule has 1 aliphatic heterocycles. The number of hydrogen-bond acceptors (Lipinski definition) is 3. The molecule has 1 aromatic rings. The first-order chi connectivity index (χ1) is 6.59. The summed E-state index contributed by atoms with van der Waals surface area (Å²) >= 11 is 0. The topological polar surface area (TPSA) is 64.2 Å². The van der Waals surface area contributed by atoms with Crippen molar-refractivity contribution < 1.29 is 4.79 Å². The summed E-state index contributed by atoms with van der Waals surface area (Å²) in [4.78, 5) is 13.3. The van der Waals surface area contributed by atoms with Gasteiger partial charge in [0, 0.05) is 19.7 Å². The van der Waals surface area contributed by atoms with E-state index in [1.165, 1.54) is 0 Å². The van der Waals surface area contributed by atoms with Crippen LogP contribution < -0.4 is 10.6 Å². The maximum Gasteiger partial charge on any atom is 0.244 e. The van der Waals surface area contributed by atoms with Crippen molar-refractivity contribution in [1.29, 1.82) is 0 Å². The predicted molar refractivity (Wildman–Crippen MR) is 53.0 cm³/mol. The number of carbonyl (C=O) groups is 1. The van der Waals surface area contributed by atoms with E-state index in [0.717, 1.165) is 11.5 Å². The zero-order chi connectivity index (χ0) is 10.3. The van der Waals surface area contributed by atoms with E-state index in [1.807, 2.05) is 17.7 Å². The Morgan fingerprint density at radius 1 is 1.64 bits per heavy atom. The van der Waals surface area contributed by atoms with Crippen molar-refractivity contribution in [3.8, 4) is 0 Å². The normalized spacial score (nSPS) is 22.1. The average Bonchev–Trinajstić information content (AvgIpc) is 2.49. The summed E-state index contributed by atoms with van der Waals surface area (Å²) in [5, 5.41) is 4.30. The summed E-state index contributed by atoms with van der Waals surface area (Å²) in [6, 6.07) is 1.50. The SMILES string of the molecule is Cc1cc2n(n1)CCC(N)C(=O)N2C. The van der Waals surface area contributed by atoms with Crippen LogP contribution in [0.2, 0.25) is 0 Å². The lowest BCUT2D eigenvalue weighted by Gasteiger charge is -2.16. The number of nitrogens with zero attached hydrogens (tertiary/aromatic N) is 3. The van der Waals surface area contributed by atoms with Crippen molar-refractivity contribution in [2.24, 2.45) is 5.73 Å². The van der Waals surface area contributed by atoms with E-state index >= 15 is 0 Å². The Balaban J connectivity index is 2.43. The Bertz CT molecular complexity index is 371. The average molecular weight is 194 g/mol. The highest BCUT2D eigenvalue weighted by atomic mass is 16.2. The Labute approximate surface area is 82.5 Å². The quantitative estimate of drug-likeness (QED) is 0.626. The molecule has 2 rings (SSSR count). The minimum atomic E-state index is -0.401. The van der Waals surface area contributed by atoms with E-state index in [0.29, 0.717) is 13.0 Å². The summed E-state index contributed by atoms with van der Waals surface area (Å²) in [5.41, 5.74) is 6.64. The monoisotopic (exact) mass is 194 g/mol. The minimum Gasteiger partial charge on any atom is -0.320 e. The molecular weight excluding hydrogens is 180 g/mol. The van der Waals surface area contributed by atoms with Gasteiger partial charge in [-0.25, -0.2) is 4.68 Å². The summed E-state index contributed by atoms with van der Waals surface area (Å²) in [5.74, 6) is 0.795. The van der Waals surface area contributed by atoms with E-state index in [-0.39, 0.29) is 5.91 Å². The molecule has 1 atom stereocenters. The van der Waals surface area contributed by atoms with Crippen LogP contribution in [0.3, 0.4) is 0 Å². The molecule has 0 aromatic carbocycles. The number of fused-ring (bicyclic) bond motifs is 1. The van der Waals surface area contributed by atoms with Gasteiger partial charge in [0.1, 0.15) is 5.82 Å². The van der Waals surface area contributed by atoms with E-state index in [2.05, 4.69) is 5.10 Å². The van der Waals surface area contributed by atoms with Crippen LogP contribution in [0.5, 0.6) is 0 Å². The number of likely N-dealkylation sites (N-methyl/N-ethyl adjacent to an activating group) is 1. The first-order valence-corrected chi connectivity index (χ1v) is 4.67. The second kappa shape index (κ2) is 3.09. The molecule has 0 fully saturated rings. The molecule has 0 spiro atoms. The molecule has 5 nitrogen and oxygen atoms in total. The van der Waals surface area contributed by atoms with Gasteiger partial charge in [0.05, 0.1) is 11.7 Å². The molecule has 1 aliphatic rings. The highest BCUT2D eigenvalue weighted by Crippen LogP contribution is 2.19. The van der Waals surface area contributed by atoms with Crippen LogP contribution in [-0.4, -0.2) is 28.8 Å². The molecule has 2 heterocycles. The molecule has 0 saturated heterocycles. The molecular formula is C9H14N4O. The largest absolute Gasteiger partial charge is 0.320 e. The number of carbonyl (C=O) groups excluding carboxylic acids is 1. The van der Waals surface area contributed by atoms with Gasteiger partial charge >= 0.3 is 0 Å². The van der Waals surface area contributed by atoms with Gasteiger partial charge in [0.15, 0.2) is 0 Å². The third-order valence-corrected chi connectivity index (χ3v) is 2.52. The highest BCUT2D eigenvalue weighted by Gasteiger charge is 2.25. The summed E-state index contributed by atoms with van der Waals surface area (Å²) in [6.45, 7) is 2.63. The van der Waals surface area contributed by atoms with Crippen LogP contribution in [0.15, 0.2) is 6.07 Å². The third-order valence-electron chi connectivity index (χ3n) is 2.52. The lowest BCUT2D eigenvalue weighted by Crippen LogP contribution is -2.40. The molecule has 76 valence electrons. The molecule has 2 N–H and O–H groups in total. The zero-order valence-corrected chi connectivity index (χ0v) is 8.40. The molecule has 0 saturated carbocycles. The Kier molecular flexibility index (Phi) is 2.03. The van der Waals surface area contributed by atoms with Crippen LogP contribution in [0, 0.1) is 6.92 Å². The maximum atomic E-state index is 11.7. The number of aromatic nitrogens is 2. The Morgan fingerprint density at radius 2 is 2.36 bits per heavy atom. The Hall–Kier alpha value is -1.36. The molecule has 1 unspecified atom stereocenters. The van der Waals surface area contributed by atoms with Crippen LogP contribution in [0.4, 0.5) is 5.82 Å². The van der Waals surface area contributed by atoms with E-state index < -0.39 is 6.04 Å². The van der Waals surface area contributed by atoms with E-state index in [9.17, 15) is 4.79 Å². The molecule has 0 aliphatic carbocycles. The van der Waals surface area contributed by atoms with Crippen molar-refractivity contribution in [2.45, 2.75) is 25.9 Å². The van der Waals surface area contributed by atoms with Gasteiger partial charge in [-0.3, -0.25) is 9.69 Å². The van der Waals surface area contributed by atoms with Gasteiger partial charge in [0.2, 0.25) is 5.91 Å². The maximum absolute atomic E-state index is 11.7. The number of nitrogens with two attached hydrogens (primary N) is 1. The van der Waals surface area contributed by atoms with Gasteiger partial charge in [-0.15, -0.1) is 0 Å². The van der Waals surface area contributed by atoms with Gasteiger partial charge in [0.25, 0.3) is 0 Å². The predicted octanol–water partition coefficient (Wildman–Crippen LogP) is -0.115. The second-order valence-corrected chi connectivity index (χ2v) is 3.66. The molecule has 1 amide bonds. The van der Waals surface area contributed by atoms with Crippen molar-refractivity contribution in [1.82, 2.24) is 9.78 Å². The number of aryl methyl sites for hydroxylation is 2. The van der Waals surface area contributed by atoms with Crippen LogP contribution in [0.25, 0.3) is 0 Å². The Morgan fingerprint density at radius 3 is 3.07 bits per heavy atom. The fraction of sp³-hybridized carbons (Fsp3) is 0.556. The number of hydrogen-bond donors (Lipinski definition) is 1. The fourth-order valence-electron chi connectivity index (χ4n) is 1.71. The molecule has 14 heavy (non-hydrogen) atoms. The van der Waals surface area contributed by atoms with Gasteiger partial charge in [-0.2, -0.15) is 5.10 Å². The molecule has 0 bridgehead atoms. The lowest BCUT2D eigenvalue weighted by atomic mass is 10.2. The molecule has 0 radical (unpaired) electrons. The van der Waals surface area contributed by atoms with E-state index in [4.69, 9.17) is 5.73 Å². The first-order valence-electron chi connectivity index (χ1n) is 4.67. The third kappa shape index (κ3) is 1.29.